The van der Waals surface area contributed by atoms with Gasteiger partial charge < -0.3 is 9.64 Å². The average molecular weight is 324 g/mol. The minimum Gasteiger partial charge on any atom is -0.489 e. The fourth-order valence-electron chi connectivity index (χ4n) is 2.56. The first-order chi connectivity index (χ1) is 9.22. The van der Waals surface area contributed by atoms with Gasteiger partial charge in [0, 0.05) is 16.9 Å². The van der Waals surface area contributed by atoms with Gasteiger partial charge >= 0.3 is 0 Å². The molecule has 19 heavy (non-hydrogen) atoms. The van der Waals surface area contributed by atoms with Gasteiger partial charge in [0.05, 0.1) is 6.54 Å². The van der Waals surface area contributed by atoms with Crippen LogP contribution in [-0.2, 0) is 4.79 Å². The third-order valence-electron chi connectivity index (χ3n) is 3.72. The van der Waals surface area contributed by atoms with E-state index in [1.165, 1.54) is 0 Å². The van der Waals surface area contributed by atoms with Crippen LogP contribution >= 0.6 is 15.9 Å². The number of amides is 1. The lowest BCUT2D eigenvalue weighted by Crippen LogP contribution is -2.45. The number of nitrogens with zero attached hydrogens (tertiary/aromatic N) is 1. The summed E-state index contributed by atoms with van der Waals surface area (Å²) in [6, 6.07) is 7.89. The summed E-state index contributed by atoms with van der Waals surface area (Å²) in [5, 5.41) is 0. The smallest absolute Gasteiger partial charge is 0.225 e. The van der Waals surface area contributed by atoms with Gasteiger partial charge in [0.25, 0.3) is 0 Å². The van der Waals surface area contributed by atoms with Gasteiger partial charge in [0.1, 0.15) is 11.9 Å². The first kappa shape index (κ1) is 13.0. The zero-order chi connectivity index (χ0) is 13.2. The minimum absolute atomic E-state index is 0.130. The summed E-state index contributed by atoms with van der Waals surface area (Å²) in [7, 11) is 0. The van der Waals surface area contributed by atoms with Crippen molar-refractivity contribution in [3.63, 3.8) is 0 Å². The van der Waals surface area contributed by atoms with Crippen molar-refractivity contribution in [1.29, 1.82) is 0 Å². The Morgan fingerprint density at radius 1 is 1.32 bits per heavy atom. The molecule has 102 valence electrons. The number of likely N-dealkylation sites (tertiary alicyclic amines) is 1. The molecule has 1 aliphatic heterocycles. The molecule has 3 rings (SSSR count). The molecule has 1 atom stereocenters. The van der Waals surface area contributed by atoms with E-state index in [0.29, 0.717) is 11.8 Å². The fourth-order valence-corrected chi connectivity index (χ4v) is 2.93. The van der Waals surface area contributed by atoms with E-state index in [-0.39, 0.29) is 6.10 Å². The Morgan fingerprint density at radius 2 is 2.16 bits per heavy atom. The molecule has 1 heterocycles. The number of hydrogen-bond donors (Lipinski definition) is 0. The van der Waals surface area contributed by atoms with Crippen LogP contribution in [-0.4, -0.2) is 30.0 Å². The molecule has 3 nitrogen and oxygen atoms in total. The standard InChI is InChI=1S/C15H18BrNO2/c16-12-3-1-4-13(9-12)19-14-5-2-8-17(10-14)15(18)11-6-7-11/h1,3-4,9,11,14H,2,5-8,10H2. The van der Waals surface area contributed by atoms with Crippen LogP contribution in [0.5, 0.6) is 5.75 Å². The molecule has 0 N–H and O–H groups in total. The molecule has 1 aromatic carbocycles. The van der Waals surface area contributed by atoms with E-state index in [1.54, 1.807) is 0 Å². The number of halogens is 1. The molecule has 1 saturated heterocycles. The lowest BCUT2D eigenvalue weighted by molar-refractivity contribution is -0.135. The van der Waals surface area contributed by atoms with Gasteiger partial charge in [-0.15, -0.1) is 0 Å². The summed E-state index contributed by atoms with van der Waals surface area (Å²) in [5.74, 6) is 1.52. The molecule has 1 saturated carbocycles. The monoisotopic (exact) mass is 323 g/mol. The number of ether oxygens (including phenoxy) is 1. The van der Waals surface area contributed by atoms with Crippen LogP contribution in [0.3, 0.4) is 0 Å². The SMILES string of the molecule is O=C(C1CC1)N1CCCC(Oc2cccc(Br)c2)C1. The topological polar surface area (TPSA) is 29.5 Å². The van der Waals surface area contributed by atoms with Crippen LogP contribution in [0.4, 0.5) is 0 Å². The first-order valence-corrected chi connectivity index (χ1v) is 7.73. The Bertz CT molecular complexity index is 473. The van der Waals surface area contributed by atoms with Gasteiger partial charge in [0.2, 0.25) is 5.91 Å². The fraction of sp³-hybridized carbons (Fsp3) is 0.533. The Morgan fingerprint density at radius 3 is 2.89 bits per heavy atom. The normalized spacial score (nSPS) is 23.2. The second-order valence-electron chi connectivity index (χ2n) is 5.40. The molecule has 2 fully saturated rings. The van der Waals surface area contributed by atoms with Gasteiger partial charge in [-0.3, -0.25) is 4.79 Å². The Balaban J connectivity index is 1.60. The zero-order valence-electron chi connectivity index (χ0n) is 10.8. The van der Waals surface area contributed by atoms with Crippen LogP contribution in [0.15, 0.2) is 28.7 Å². The van der Waals surface area contributed by atoms with Crippen LogP contribution in [0.25, 0.3) is 0 Å². The number of carbonyl (C=O) groups is 1. The Hall–Kier alpha value is -1.03. The van der Waals surface area contributed by atoms with Crippen molar-refractivity contribution in [1.82, 2.24) is 4.90 Å². The van der Waals surface area contributed by atoms with E-state index < -0.39 is 0 Å². The molecule has 0 bridgehead atoms. The summed E-state index contributed by atoms with van der Waals surface area (Å²) >= 11 is 3.44. The molecular weight excluding hydrogens is 306 g/mol. The summed E-state index contributed by atoms with van der Waals surface area (Å²) in [4.78, 5) is 14.1. The highest BCUT2D eigenvalue weighted by molar-refractivity contribution is 9.10. The van der Waals surface area contributed by atoms with E-state index in [2.05, 4.69) is 15.9 Å². The number of rotatable bonds is 3. The van der Waals surface area contributed by atoms with Crippen molar-refractivity contribution < 1.29 is 9.53 Å². The third kappa shape index (κ3) is 3.30. The summed E-state index contributed by atoms with van der Waals surface area (Å²) in [6.45, 7) is 1.63. The third-order valence-corrected chi connectivity index (χ3v) is 4.21. The molecule has 0 aromatic heterocycles. The van der Waals surface area contributed by atoms with Gasteiger partial charge in [-0.05, 0) is 43.9 Å². The van der Waals surface area contributed by atoms with Crippen LogP contribution in [0.2, 0.25) is 0 Å². The maximum Gasteiger partial charge on any atom is 0.225 e. The second kappa shape index (κ2) is 5.53. The molecule has 1 aromatic rings. The maximum absolute atomic E-state index is 12.1. The lowest BCUT2D eigenvalue weighted by atomic mass is 10.1. The number of benzene rings is 1. The van der Waals surface area contributed by atoms with Gasteiger partial charge in [-0.1, -0.05) is 22.0 Å². The molecule has 1 amide bonds. The number of piperidine rings is 1. The number of carbonyl (C=O) groups excluding carboxylic acids is 1. The van der Waals surface area contributed by atoms with Gasteiger partial charge in [0.15, 0.2) is 0 Å². The first-order valence-electron chi connectivity index (χ1n) is 6.93. The molecular formula is C15H18BrNO2. The molecule has 1 aliphatic carbocycles. The van der Waals surface area contributed by atoms with Gasteiger partial charge in [-0.2, -0.15) is 0 Å². The van der Waals surface area contributed by atoms with Crippen molar-refractivity contribution in [2.45, 2.75) is 31.8 Å². The van der Waals surface area contributed by atoms with Crippen molar-refractivity contribution in [3.05, 3.63) is 28.7 Å². The van der Waals surface area contributed by atoms with Gasteiger partial charge in [-0.25, -0.2) is 0 Å². The molecule has 1 unspecified atom stereocenters. The summed E-state index contributed by atoms with van der Waals surface area (Å²) in [6.07, 6.45) is 4.35. The van der Waals surface area contributed by atoms with Crippen molar-refractivity contribution in [3.8, 4) is 5.75 Å². The van der Waals surface area contributed by atoms with E-state index in [1.807, 2.05) is 29.2 Å². The van der Waals surface area contributed by atoms with Crippen LogP contribution in [0, 0.1) is 5.92 Å². The highest BCUT2D eigenvalue weighted by Crippen LogP contribution is 2.32. The molecule has 0 spiro atoms. The van der Waals surface area contributed by atoms with E-state index >= 15 is 0 Å². The summed E-state index contributed by atoms with van der Waals surface area (Å²) < 4.78 is 7.01. The zero-order valence-corrected chi connectivity index (χ0v) is 12.4. The van der Waals surface area contributed by atoms with E-state index in [0.717, 1.165) is 49.0 Å². The van der Waals surface area contributed by atoms with Crippen molar-refractivity contribution in [2.75, 3.05) is 13.1 Å². The van der Waals surface area contributed by atoms with Crippen molar-refractivity contribution in [2.24, 2.45) is 5.92 Å². The predicted octanol–water partition coefficient (Wildman–Crippen LogP) is 3.23. The Labute approximate surface area is 122 Å². The van der Waals surface area contributed by atoms with E-state index in [9.17, 15) is 4.79 Å². The lowest BCUT2D eigenvalue weighted by Gasteiger charge is -2.33. The average Bonchev–Trinajstić information content (AvgIpc) is 3.22. The largest absolute Gasteiger partial charge is 0.489 e. The highest BCUT2D eigenvalue weighted by atomic mass is 79.9. The quantitative estimate of drug-likeness (QED) is 0.854. The number of hydrogen-bond acceptors (Lipinski definition) is 2. The molecule has 0 radical (unpaired) electrons. The molecule has 2 aliphatic rings. The van der Waals surface area contributed by atoms with Crippen LogP contribution in [0.1, 0.15) is 25.7 Å². The highest BCUT2D eigenvalue weighted by Gasteiger charge is 2.35. The van der Waals surface area contributed by atoms with Crippen molar-refractivity contribution >= 4 is 21.8 Å². The molecule has 4 heteroatoms. The minimum atomic E-state index is 0.130. The summed E-state index contributed by atoms with van der Waals surface area (Å²) in [5.41, 5.74) is 0. The van der Waals surface area contributed by atoms with E-state index in [4.69, 9.17) is 4.74 Å². The maximum atomic E-state index is 12.1. The Kier molecular flexibility index (Phi) is 3.78. The second-order valence-corrected chi connectivity index (χ2v) is 6.31. The predicted molar refractivity (Wildman–Crippen MR) is 77.1 cm³/mol. The van der Waals surface area contributed by atoms with Crippen LogP contribution < -0.4 is 4.74 Å².